The van der Waals surface area contributed by atoms with Crippen LogP contribution >= 0.6 is 0 Å². The summed E-state index contributed by atoms with van der Waals surface area (Å²) in [6.07, 6.45) is 25.9. The zero-order valence-electron chi connectivity index (χ0n) is 25.9. The van der Waals surface area contributed by atoms with Crippen molar-refractivity contribution in [3.8, 4) is 16.9 Å². The lowest BCUT2D eigenvalue weighted by molar-refractivity contribution is 0.0627. The molecule has 0 heterocycles. The molecule has 0 aromatic heterocycles. The molecule has 0 radical (unpaired) electrons. The summed E-state index contributed by atoms with van der Waals surface area (Å²) < 4.78 is 12.1. The Morgan fingerprint density at radius 2 is 0.846 bits per heavy atom. The molecule has 2 aromatic rings. The molecule has 39 heavy (non-hydrogen) atoms. The van der Waals surface area contributed by atoms with Crippen LogP contribution in [0.25, 0.3) is 11.1 Å². The fourth-order valence-corrected chi connectivity index (χ4v) is 5.24. The monoisotopic (exact) mass is 536 g/mol. The van der Waals surface area contributed by atoms with Crippen LogP contribution in [-0.2, 0) is 4.74 Å². The van der Waals surface area contributed by atoms with Crippen LogP contribution in [0, 0.1) is 0 Å². The van der Waals surface area contributed by atoms with Gasteiger partial charge in [0.2, 0.25) is 0 Å². The van der Waals surface area contributed by atoms with Gasteiger partial charge in [0.1, 0.15) is 5.75 Å². The molecule has 1 unspecified atom stereocenters. The Morgan fingerprint density at radius 3 is 1.31 bits per heavy atom. The highest BCUT2D eigenvalue weighted by Gasteiger charge is 2.07. The van der Waals surface area contributed by atoms with Gasteiger partial charge in [-0.2, -0.15) is 0 Å². The molecule has 2 heteroatoms. The second-order valence-corrected chi connectivity index (χ2v) is 11.5. The van der Waals surface area contributed by atoms with Crippen molar-refractivity contribution in [2.24, 2.45) is 0 Å². The Morgan fingerprint density at radius 1 is 0.462 bits per heavy atom. The van der Waals surface area contributed by atoms with Crippen LogP contribution < -0.4 is 4.74 Å². The molecular weight excluding hydrogens is 476 g/mol. The van der Waals surface area contributed by atoms with Gasteiger partial charge in [0, 0.05) is 6.61 Å². The van der Waals surface area contributed by atoms with Gasteiger partial charge in [-0.1, -0.05) is 159 Å². The summed E-state index contributed by atoms with van der Waals surface area (Å²) in [4.78, 5) is 0. The minimum Gasteiger partial charge on any atom is -0.494 e. The van der Waals surface area contributed by atoms with Crippen molar-refractivity contribution >= 4 is 0 Å². The topological polar surface area (TPSA) is 18.5 Å². The van der Waals surface area contributed by atoms with E-state index in [4.69, 9.17) is 9.47 Å². The van der Waals surface area contributed by atoms with Crippen molar-refractivity contribution in [2.75, 3.05) is 13.2 Å². The largest absolute Gasteiger partial charge is 0.494 e. The third-order valence-corrected chi connectivity index (χ3v) is 7.95. The Balaban J connectivity index is 1.53. The van der Waals surface area contributed by atoms with Crippen LogP contribution in [0.5, 0.6) is 5.75 Å². The number of hydrogen-bond donors (Lipinski definition) is 0. The first-order valence-corrected chi connectivity index (χ1v) is 16.7. The third-order valence-electron chi connectivity index (χ3n) is 7.95. The molecule has 2 aromatic carbocycles. The maximum atomic E-state index is 6.08. The van der Waals surface area contributed by atoms with E-state index in [-0.39, 0.29) is 6.10 Å². The highest BCUT2D eigenvalue weighted by atomic mass is 16.5. The van der Waals surface area contributed by atoms with Gasteiger partial charge in [-0.15, -0.1) is 0 Å². The first kappa shape index (κ1) is 33.4. The zero-order chi connectivity index (χ0) is 27.8. The lowest BCUT2D eigenvalue weighted by Gasteiger charge is -2.14. The van der Waals surface area contributed by atoms with Crippen molar-refractivity contribution in [1.29, 1.82) is 0 Å². The molecule has 0 spiro atoms. The van der Waals surface area contributed by atoms with Gasteiger partial charge in [-0.25, -0.2) is 0 Å². The van der Waals surface area contributed by atoms with E-state index in [0.29, 0.717) is 0 Å². The van der Waals surface area contributed by atoms with Crippen LogP contribution in [0.2, 0.25) is 0 Å². The summed E-state index contributed by atoms with van der Waals surface area (Å²) >= 11 is 0. The maximum absolute atomic E-state index is 6.08. The molecule has 0 aliphatic heterocycles. The Bertz CT molecular complexity index is 795. The van der Waals surface area contributed by atoms with Gasteiger partial charge in [-0.05, 0) is 48.6 Å². The van der Waals surface area contributed by atoms with Crippen molar-refractivity contribution in [3.63, 3.8) is 0 Å². The summed E-state index contributed by atoms with van der Waals surface area (Å²) in [6.45, 7) is 8.40. The van der Waals surface area contributed by atoms with Gasteiger partial charge in [0.25, 0.3) is 0 Å². The summed E-state index contributed by atoms with van der Waals surface area (Å²) in [6, 6.07) is 17.4. The standard InChI is InChI=1S/C37H60O2/c1-4-6-8-10-12-13-14-15-16-17-18-20-22-32-39-37-29-27-36(28-30-37)35-25-23-34(24-26-35)33(3)38-31-21-19-11-9-7-5-2/h23-30,33H,4-22,31-32H2,1-3H3. The molecule has 1 atom stereocenters. The van der Waals surface area contributed by atoms with Crippen LogP contribution in [0.15, 0.2) is 48.5 Å². The predicted molar refractivity (Wildman–Crippen MR) is 171 cm³/mol. The van der Waals surface area contributed by atoms with Gasteiger partial charge in [0.15, 0.2) is 0 Å². The maximum Gasteiger partial charge on any atom is 0.119 e. The smallest absolute Gasteiger partial charge is 0.119 e. The number of ether oxygens (including phenoxy) is 2. The molecule has 0 fully saturated rings. The second-order valence-electron chi connectivity index (χ2n) is 11.5. The predicted octanol–water partition coefficient (Wildman–Crippen LogP) is 12.3. The fourth-order valence-electron chi connectivity index (χ4n) is 5.24. The minimum atomic E-state index is 0.149. The molecule has 2 rings (SSSR count). The molecule has 2 nitrogen and oxygen atoms in total. The van der Waals surface area contributed by atoms with E-state index in [1.54, 1.807) is 0 Å². The fraction of sp³-hybridized carbons (Fsp3) is 0.676. The highest BCUT2D eigenvalue weighted by molar-refractivity contribution is 5.64. The summed E-state index contributed by atoms with van der Waals surface area (Å²) in [5.41, 5.74) is 3.72. The average Bonchev–Trinajstić information content (AvgIpc) is 2.97. The van der Waals surface area contributed by atoms with Crippen molar-refractivity contribution in [3.05, 3.63) is 54.1 Å². The number of benzene rings is 2. The molecule has 0 N–H and O–H groups in total. The van der Waals surface area contributed by atoms with Crippen molar-refractivity contribution in [2.45, 2.75) is 149 Å². The Labute approximate surface area is 242 Å². The Kier molecular flexibility index (Phi) is 19.7. The first-order chi connectivity index (χ1) is 19.2. The molecule has 0 aliphatic rings. The number of unbranched alkanes of at least 4 members (excludes halogenated alkanes) is 17. The molecule has 0 amide bonds. The highest BCUT2D eigenvalue weighted by Crippen LogP contribution is 2.26. The summed E-state index contributed by atoms with van der Waals surface area (Å²) in [5, 5.41) is 0. The van der Waals surface area contributed by atoms with E-state index >= 15 is 0 Å². The van der Waals surface area contributed by atoms with E-state index in [1.807, 2.05) is 0 Å². The normalized spacial score (nSPS) is 12.1. The second kappa shape index (κ2) is 23.0. The van der Waals surface area contributed by atoms with Crippen LogP contribution in [0.3, 0.4) is 0 Å². The van der Waals surface area contributed by atoms with Crippen LogP contribution in [0.4, 0.5) is 0 Å². The Hall–Kier alpha value is -1.80. The molecular formula is C37H60O2. The summed E-state index contributed by atoms with van der Waals surface area (Å²) in [5.74, 6) is 0.978. The minimum absolute atomic E-state index is 0.149. The van der Waals surface area contributed by atoms with Gasteiger partial charge < -0.3 is 9.47 Å². The molecule has 0 saturated carbocycles. The van der Waals surface area contributed by atoms with Gasteiger partial charge >= 0.3 is 0 Å². The van der Waals surface area contributed by atoms with Gasteiger partial charge in [-0.3, -0.25) is 0 Å². The molecule has 0 saturated heterocycles. The number of hydrogen-bond acceptors (Lipinski definition) is 2. The first-order valence-electron chi connectivity index (χ1n) is 16.7. The molecule has 0 aliphatic carbocycles. The molecule has 0 bridgehead atoms. The lowest BCUT2D eigenvalue weighted by atomic mass is 10.0. The third kappa shape index (κ3) is 16.2. The zero-order valence-corrected chi connectivity index (χ0v) is 25.9. The van der Waals surface area contributed by atoms with Crippen molar-refractivity contribution in [1.82, 2.24) is 0 Å². The van der Waals surface area contributed by atoms with Crippen LogP contribution in [-0.4, -0.2) is 13.2 Å². The van der Waals surface area contributed by atoms with E-state index in [9.17, 15) is 0 Å². The quantitative estimate of drug-likeness (QED) is 0.117. The van der Waals surface area contributed by atoms with E-state index in [2.05, 4.69) is 69.3 Å². The van der Waals surface area contributed by atoms with Gasteiger partial charge in [0.05, 0.1) is 12.7 Å². The van der Waals surface area contributed by atoms with Crippen molar-refractivity contribution < 1.29 is 9.47 Å². The van der Waals surface area contributed by atoms with E-state index in [0.717, 1.165) is 25.4 Å². The summed E-state index contributed by atoms with van der Waals surface area (Å²) in [7, 11) is 0. The molecule has 220 valence electrons. The van der Waals surface area contributed by atoms with E-state index < -0.39 is 0 Å². The number of rotatable bonds is 25. The lowest BCUT2D eigenvalue weighted by Crippen LogP contribution is -2.01. The van der Waals surface area contributed by atoms with E-state index in [1.165, 1.54) is 132 Å². The average molecular weight is 537 g/mol. The van der Waals surface area contributed by atoms with Crippen LogP contribution in [0.1, 0.15) is 154 Å². The SMILES string of the molecule is CCCCCCCCCCCCCCCOc1ccc(-c2ccc(C(C)OCCCCCCCC)cc2)cc1.